The van der Waals surface area contributed by atoms with Crippen molar-refractivity contribution in [1.82, 2.24) is 4.90 Å². The van der Waals surface area contributed by atoms with Crippen molar-refractivity contribution in [3.63, 3.8) is 0 Å². The van der Waals surface area contributed by atoms with Crippen LogP contribution < -0.4 is 4.74 Å². The van der Waals surface area contributed by atoms with Crippen molar-refractivity contribution in [2.45, 2.75) is 39.5 Å². The maximum Gasteiger partial charge on any atom is 0.222 e. The van der Waals surface area contributed by atoms with Crippen LogP contribution in [0.4, 0.5) is 0 Å². The quantitative estimate of drug-likeness (QED) is 0.844. The minimum Gasteiger partial charge on any atom is -0.497 e. The summed E-state index contributed by atoms with van der Waals surface area (Å²) in [5, 5.41) is 0. The van der Waals surface area contributed by atoms with E-state index in [9.17, 15) is 4.79 Å². The zero-order valence-electron chi connectivity index (χ0n) is 12.8. The maximum atomic E-state index is 12.2. The van der Waals surface area contributed by atoms with Crippen molar-refractivity contribution in [1.29, 1.82) is 0 Å². The highest BCUT2D eigenvalue weighted by Gasteiger charge is 2.27. The zero-order chi connectivity index (χ0) is 14.6. The molecule has 1 fully saturated rings. The van der Waals surface area contributed by atoms with Crippen LogP contribution in [0.3, 0.4) is 0 Å². The zero-order valence-corrected chi connectivity index (χ0v) is 12.8. The number of piperidine rings is 1. The number of rotatable bonds is 4. The van der Waals surface area contributed by atoms with Gasteiger partial charge in [-0.1, -0.05) is 26.0 Å². The molecule has 1 aromatic rings. The number of ether oxygens (including phenoxy) is 1. The molecule has 0 radical (unpaired) electrons. The molecule has 0 saturated carbocycles. The molecule has 0 unspecified atom stereocenters. The molecule has 0 N–H and O–H groups in total. The van der Waals surface area contributed by atoms with Crippen molar-refractivity contribution in [3.05, 3.63) is 29.8 Å². The molecule has 1 aliphatic rings. The highest BCUT2D eigenvalue weighted by Crippen LogP contribution is 2.30. The van der Waals surface area contributed by atoms with Crippen LogP contribution in [0.15, 0.2) is 24.3 Å². The van der Waals surface area contributed by atoms with Crippen LogP contribution >= 0.6 is 0 Å². The van der Waals surface area contributed by atoms with E-state index in [1.165, 1.54) is 0 Å². The predicted molar refractivity (Wildman–Crippen MR) is 80.9 cm³/mol. The molecule has 2 rings (SSSR count). The number of likely N-dealkylation sites (tertiary alicyclic amines) is 1. The van der Waals surface area contributed by atoms with E-state index < -0.39 is 0 Å². The smallest absolute Gasteiger partial charge is 0.222 e. The van der Waals surface area contributed by atoms with Crippen LogP contribution in [-0.2, 0) is 11.2 Å². The highest BCUT2D eigenvalue weighted by atomic mass is 16.5. The summed E-state index contributed by atoms with van der Waals surface area (Å²) in [5.74, 6) is 1.14. The van der Waals surface area contributed by atoms with Gasteiger partial charge in [0.25, 0.3) is 0 Å². The number of methoxy groups -OCH3 is 1. The van der Waals surface area contributed by atoms with E-state index in [2.05, 4.69) is 19.9 Å². The fraction of sp³-hybridized carbons (Fsp3) is 0.588. The molecule has 0 bridgehead atoms. The Morgan fingerprint density at radius 2 is 2.00 bits per heavy atom. The molecule has 0 aromatic heterocycles. The standard InChI is InChI=1S/C17H25NO2/c1-17(2)9-11-18(12-10-17)16(19)8-7-14-5-4-6-15(13-14)20-3/h4-6,13H,7-12H2,1-3H3. The summed E-state index contributed by atoms with van der Waals surface area (Å²) in [5.41, 5.74) is 1.55. The van der Waals surface area contributed by atoms with E-state index in [1.54, 1.807) is 7.11 Å². The Morgan fingerprint density at radius 3 is 2.65 bits per heavy atom. The lowest BCUT2D eigenvalue weighted by atomic mass is 9.82. The summed E-state index contributed by atoms with van der Waals surface area (Å²) in [6.45, 7) is 6.38. The average molecular weight is 275 g/mol. The second-order valence-electron chi connectivity index (χ2n) is 6.40. The van der Waals surface area contributed by atoms with Gasteiger partial charge in [0.1, 0.15) is 5.75 Å². The number of carbonyl (C=O) groups is 1. The Hall–Kier alpha value is -1.51. The van der Waals surface area contributed by atoms with Crippen LogP contribution in [0.2, 0.25) is 0 Å². The second kappa shape index (κ2) is 6.29. The van der Waals surface area contributed by atoms with Gasteiger partial charge in [-0.25, -0.2) is 0 Å². The maximum absolute atomic E-state index is 12.2. The monoisotopic (exact) mass is 275 g/mol. The number of nitrogens with zero attached hydrogens (tertiary/aromatic N) is 1. The van der Waals surface area contributed by atoms with Crippen molar-refractivity contribution in [3.8, 4) is 5.75 Å². The van der Waals surface area contributed by atoms with Crippen molar-refractivity contribution in [2.24, 2.45) is 5.41 Å². The Kier molecular flexibility index (Phi) is 4.69. The first-order chi connectivity index (χ1) is 9.50. The predicted octanol–water partition coefficient (Wildman–Crippen LogP) is 3.28. The second-order valence-corrected chi connectivity index (χ2v) is 6.40. The third-order valence-electron chi connectivity index (χ3n) is 4.23. The minimum absolute atomic E-state index is 0.281. The van der Waals surface area contributed by atoms with Gasteiger partial charge in [0.2, 0.25) is 5.91 Å². The lowest BCUT2D eigenvalue weighted by Crippen LogP contribution is -2.41. The molecule has 1 aliphatic heterocycles. The normalized spacial score (nSPS) is 17.9. The number of aryl methyl sites for hydroxylation is 1. The molecule has 20 heavy (non-hydrogen) atoms. The summed E-state index contributed by atoms with van der Waals surface area (Å²) in [7, 11) is 1.67. The Labute approximate surface area is 121 Å². The lowest BCUT2D eigenvalue weighted by molar-refractivity contribution is -0.133. The third-order valence-corrected chi connectivity index (χ3v) is 4.23. The van der Waals surface area contributed by atoms with E-state index in [4.69, 9.17) is 4.74 Å². The minimum atomic E-state index is 0.281. The van der Waals surface area contributed by atoms with E-state index >= 15 is 0 Å². The molecule has 3 nitrogen and oxygen atoms in total. The van der Waals surface area contributed by atoms with Gasteiger partial charge in [0, 0.05) is 19.5 Å². The summed E-state index contributed by atoms with van der Waals surface area (Å²) in [6, 6.07) is 7.96. The summed E-state index contributed by atoms with van der Waals surface area (Å²) < 4.78 is 5.21. The molecule has 110 valence electrons. The first kappa shape index (κ1) is 14.9. The van der Waals surface area contributed by atoms with Crippen LogP contribution in [-0.4, -0.2) is 31.0 Å². The van der Waals surface area contributed by atoms with Crippen molar-refractivity contribution in [2.75, 3.05) is 20.2 Å². The molecular formula is C17H25NO2. The number of benzene rings is 1. The largest absolute Gasteiger partial charge is 0.497 e. The van der Waals surface area contributed by atoms with Gasteiger partial charge in [-0.15, -0.1) is 0 Å². The van der Waals surface area contributed by atoms with Crippen molar-refractivity contribution < 1.29 is 9.53 Å². The molecule has 1 amide bonds. The molecular weight excluding hydrogens is 250 g/mol. The van der Waals surface area contributed by atoms with Gasteiger partial charge in [-0.2, -0.15) is 0 Å². The van der Waals surface area contributed by atoms with E-state index in [1.807, 2.05) is 23.1 Å². The molecule has 1 saturated heterocycles. The fourth-order valence-corrected chi connectivity index (χ4v) is 2.60. The summed E-state index contributed by atoms with van der Waals surface area (Å²) in [4.78, 5) is 14.3. The first-order valence-electron chi connectivity index (χ1n) is 7.41. The van der Waals surface area contributed by atoms with Crippen molar-refractivity contribution >= 4 is 5.91 Å². The van der Waals surface area contributed by atoms with Gasteiger partial charge in [0.15, 0.2) is 0 Å². The summed E-state index contributed by atoms with van der Waals surface area (Å²) in [6.07, 6.45) is 3.60. The van der Waals surface area contributed by atoms with Gasteiger partial charge in [0.05, 0.1) is 7.11 Å². The van der Waals surface area contributed by atoms with Gasteiger partial charge >= 0.3 is 0 Å². The first-order valence-corrected chi connectivity index (χ1v) is 7.41. The van der Waals surface area contributed by atoms with Crippen LogP contribution in [0, 0.1) is 5.41 Å². The van der Waals surface area contributed by atoms with Gasteiger partial charge < -0.3 is 9.64 Å². The average Bonchev–Trinajstić information content (AvgIpc) is 2.45. The van der Waals surface area contributed by atoms with E-state index in [-0.39, 0.29) is 5.91 Å². The van der Waals surface area contributed by atoms with E-state index in [0.29, 0.717) is 11.8 Å². The van der Waals surface area contributed by atoms with E-state index in [0.717, 1.165) is 43.7 Å². The Morgan fingerprint density at radius 1 is 1.30 bits per heavy atom. The Bertz CT molecular complexity index is 458. The Balaban J connectivity index is 1.83. The highest BCUT2D eigenvalue weighted by molar-refractivity contribution is 5.76. The fourth-order valence-electron chi connectivity index (χ4n) is 2.60. The molecule has 0 atom stereocenters. The number of amides is 1. The SMILES string of the molecule is COc1cccc(CCC(=O)N2CCC(C)(C)CC2)c1. The van der Waals surface area contributed by atoms with Crippen LogP contribution in [0.25, 0.3) is 0 Å². The van der Waals surface area contributed by atoms with Gasteiger partial charge in [-0.3, -0.25) is 4.79 Å². The number of hydrogen-bond donors (Lipinski definition) is 0. The third kappa shape index (κ3) is 3.99. The van der Waals surface area contributed by atoms with Gasteiger partial charge in [-0.05, 0) is 42.4 Å². The molecule has 3 heteroatoms. The number of carbonyl (C=O) groups excluding carboxylic acids is 1. The molecule has 1 heterocycles. The van der Waals surface area contributed by atoms with Crippen LogP contribution in [0.5, 0.6) is 5.75 Å². The molecule has 0 aliphatic carbocycles. The molecule has 1 aromatic carbocycles. The molecule has 0 spiro atoms. The van der Waals surface area contributed by atoms with Crippen LogP contribution in [0.1, 0.15) is 38.7 Å². The lowest BCUT2D eigenvalue weighted by Gasteiger charge is -2.37. The summed E-state index contributed by atoms with van der Waals surface area (Å²) >= 11 is 0. The topological polar surface area (TPSA) is 29.5 Å². The number of hydrogen-bond acceptors (Lipinski definition) is 2.